The Bertz CT molecular complexity index is 1830. The molecule has 0 fully saturated rings. The first-order chi connectivity index (χ1) is 21.0. The number of nitrogens with one attached hydrogen (secondary N) is 1. The minimum absolute atomic E-state index is 0.0627. The van der Waals surface area contributed by atoms with E-state index in [1.807, 2.05) is 0 Å². The van der Waals surface area contributed by atoms with Crippen LogP contribution < -0.4 is 19.2 Å². The molecule has 0 atom stereocenters. The Labute approximate surface area is 271 Å². The Morgan fingerprint density at radius 3 is 2.48 bits per heavy atom. The Morgan fingerprint density at radius 1 is 1.05 bits per heavy atom. The van der Waals surface area contributed by atoms with E-state index in [1.165, 1.54) is 55.8 Å². The van der Waals surface area contributed by atoms with Gasteiger partial charge in [-0.25, -0.2) is 13.8 Å². The molecule has 0 aliphatic rings. The highest BCUT2D eigenvalue weighted by atomic mass is 79.9. The number of amides is 1. The molecule has 0 saturated heterocycles. The summed E-state index contributed by atoms with van der Waals surface area (Å²) in [6, 6.07) is 20.8. The van der Waals surface area contributed by atoms with Gasteiger partial charge >= 0.3 is 0 Å². The highest BCUT2D eigenvalue weighted by Gasteiger charge is 2.28. The molecule has 4 rings (SSSR count). The van der Waals surface area contributed by atoms with Crippen molar-refractivity contribution in [2.45, 2.75) is 11.5 Å². The van der Waals surface area contributed by atoms with Crippen LogP contribution in [0.25, 0.3) is 0 Å². The van der Waals surface area contributed by atoms with E-state index in [9.17, 15) is 23.3 Å². The summed E-state index contributed by atoms with van der Waals surface area (Å²) in [7, 11) is -2.81. The number of ether oxygens (including phenoxy) is 2. The van der Waals surface area contributed by atoms with Gasteiger partial charge in [0, 0.05) is 12.1 Å². The predicted molar refractivity (Wildman–Crippen MR) is 171 cm³/mol. The van der Waals surface area contributed by atoms with Crippen LogP contribution >= 0.6 is 39.1 Å². The molecule has 228 valence electrons. The van der Waals surface area contributed by atoms with Crippen LogP contribution in [0.2, 0.25) is 10.0 Å². The average Bonchev–Trinajstić information content (AvgIpc) is 3.01. The van der Waals surface area contributed by atoms with Crippen LogP contribution in [0.4, 0.5) is 11.4 Å². The summed E-state index contributed by atoms with van der Waals surface area (Å²) in [5.41, 5.74) is 3.21. The third-order valence-electron chi connectivity index (χ3n) is 5.97. The third kappa shape index (κ3) is 8.05. The van der Waals surface area contributed by atoms with E-state index in [0.29, 0.717) is 31.6 Å². The number of methoxy groups -OCH3 is 1. The lowest BCUT2D eigenvalue weighted by Gasteiger charge is -2.23. The first-order valence-electron chi connectivity index (χ1n) is 12.6. The van der Waals surface area contributed by atoms with Gasteiger partial charge in [0.2, 0.25) is 0 Å². The number of nitro groups is 1. The van der Waals surface area contributed by atoms with Gasteiger partial charge in [0.1, 0.15) is 13.2 Å². The number of rotatable bonds is 12. The number of benzene rings is 4. The number of carbonyl (C=O) groups is 1. The number of hydrogen-bond donors (Lipinski definition) is 1. The minimum Gasteiger partial charge on any atom is -0.493 e. The minimum atomic E-state index is -4.27. The number of non-ortho nitro benzene ring substituents is 1. The summed E-state index contributed by atoms with van der Waals surface area (Å²) >= 11 is 15.5. The molecule has 0 aromatic heterocycles. The zero-order chi connectivity index (χ0) is 31.9. The molecule has 4 aromatic rings. The molecule has 1 amide bonds. The van der Waals surface area contributed by atoms with Crippen molar-refractivity contribution in [1.29, 1.82) is 0 Å². The molecule has 0 unspecified atom stereocenters. The maximum atomic E-state index is 13.5. The maximum absolute atomic E-state index is 13.5. The van der Waals surface area contributed by atoms with Crippen molar-refractivity contribution in [2.24, 2.45) is 5.10 Å². The van der Waals surface area contributed by atoms with Crippen LogP contribution in [0.15, 0.2) is 99.4 Å². The summed E-state index contributed by atoms with van der Waals surface area (Å²) in [6.45, 7) is -0.521. The number of nitrogens with zero attached hydrogens (tertiary/aromatic N) is 3. The van der Waals surface area contributed by atoms with Crippen LogP contribution in [0.5, 0.6) is 11.5 Å². The van der Waals surface area contributed by atoms with E-state index in [2.05, 4.69) is 26.5 Å². The number of sulfonamides is 1. The molecule has 0 spiro atoms. The summed E-state index contributed by atoms with van der Waals surface area (Å²) in [5, 5.41) is 16.1. The highest BCUT2D eigenvalue weighted by Crippen LogP contribution is 2.37. The largest absolute Gasteiger partial charge is 0.493 e. The fourth-order valence-corrected chi connectivity index (χ4v) is 6.21. The summed E-state index contributed by atoms with van der Waals surface area (Å²) in [6.07, 6.45) is 1.33. The van der Waals surface area contributed by atoms with Crippen LogP contribution in [0, 0.1) is 10.1 Å². The van der Waals surface area contributed by atoms with Crippen LogP contribution in [-0.2, 0) is 21.4 Å². The molecule has 0 aliphatic heterocycles. The Morgan fingerprint density at radius 2 is 1.80 bits per heavy atom. The maximum Gasteiger partial charge on any atom is 0.271 e. The third-order valence-corrected chi connectivity index (χ3v) is 9.08. The van der Waals surface area contributed by atoms with Crippen molar-refractivity contribution in [3.05, 3.63) is 121 Å². The smallest absolute Gasteiger partial charge is 0.271 e. The van der Waals surface area contributed by atoms with E-state index >= 15 is 0 Å². The highest BCUT2D eigenvalue weighted by molar-refractivity contribution is 9.10. The molecule has 1 N–H and O–H groups in total. The molecule has 0 heterocycles. The standard InChI is InChI=1S/C29H23BrCl2N4O7S/c1-42-27-14-20(12-24(30)29(27)43-18-19-10-11-25(31)26(32)13-19)16-33-34-28(37)17-35(21-6-5-7-22(15-21)36(38)39)44(40,41)23-8-3-2-4-9-23/h2-16H,17-18H2,1H3,(H,34,37)/b33-16-. The first-order valence-corrected chi connectivity index (χ1v) is 15.6. The van der Waals surface area contributed by atoms with Crippen molar-refractivity contribution in [2.75, 3.05) is 18.0 Å². The zero-order valence-electron chi connectivity index (χ0n) is 22.8. The molecule has 11 nitrogen and oxygen atoms in total. The lowest BCUT2D eigenvalue weighted by Crippen LogP contribution is -2.39. The molecule has 15 heteroatoms. The van der Waals surface area contributed by atoms with Gasteiger partial charge in [-0.05, 0) is 69.5 Å². The fourth-order valence-electron chi connectivity index (χ4n) is 3.88. The summed E-state index contributed by atoms with van der Waals surface area (Å²) in [5.74, 6) is -0.00337. The van der Waals surface area contributed by atoms with E-state index < -0.39 is 27.4 Å². The second-order valence-corrected chi connectivity index (χ2v) is 12.5. The summed E-state index contributed by atoms with van der Waals surface area (Å²) in [4.78, 5) is 23.5. The normalized spacial score (nSPS) is 11.3. The van der Waals surface area contributed by atoms with Gasteiger partial charge in [-0.1, -0.05) is 53.5 Å². The number of hydrazone groups is 1. The van der Waals surface area contributed by atoms with Crippen molar-refractivity contribution in [3.63, 3.8) is 0 Å². The Hall–Kier alpha value is -4.17. The van der Waals surface area contributed by atoms with E-state index in [0.717, 1.165) is 15.9 Å². The predicted octanol–water partition coefficient (Wildman–Crippen LogP) is 6.60. The van der Waals surface area contributed by atoms with Crippen LogP contribution in [0.3, 0.4) is 0 Å². The van der Waals surface area contributed by atoms with Gasteiger partial charge < -0.3 is 9.47 Å². The van der Waals surface area contributed by atoms with Gasteiger partial charge in [0.05, 0.1) is 43.3 Å². The Kier molecular flexibility index (Phi) is 10.8. The molecular formula is C29H23BrCl2N4O7S. The van der Waals surface area contributed by atoms with Gasteiger partial charge in [-0.3, -0.25) is 19.2 Å². The van der Waals surface area contributed by atoms with Crippen molar-refractivity contribution in [1.82, 2.24) is 5.43 Å². The lowest BCUT2D eigenvalue weighted by atomic mass is 10.2. The second kappa shape index (κ2) is 14.5. The fraction of sp³-hybridized carbons (Fsp3) is 0.103. The monoisotopic (exact) mass is 720 g/mol. The zero-order valence-corrected chi connectivity index (χ0v) is 26.7. The van der Waals surface area contributed by atoms with E-state index in [4.69, 9.17) is 32.7 Å². The first kappa shape index (κ1) is 32.7. The van der Waals surface area contributed by atoms with Gasteiger partial charge in [0.15, 0.2) is 11.5 Å². The molecular weight excluding hydrogens is 699 g/mol. The Balaban J connectivity index is 1.50. The molecule has 0 radical (unpaired) electrons. The number of anilines is 1. The number of hydrogen-bond acceptors (Lipinski definition) is 8. The number of halogens is 3. The molecule has 0 bridgehead atoms. The van der Waals surface area contributed by atoms with E-state index in [-0.39, 0.29) is 22.9 Å². The molecule has 0 saturated carbocycles. The van der Waals surface area contributed by atoms with Crippen molar-refractivity contribution in [3.8, 4) is 11.5 Å². The second-order valence-electron chi connectivity index (χ2n) is 8.97. The van der Waals surface area contributed by atoms with Crippen molar-refractivity contribution < 1.29 is 27.6 Å². The lowest BCUT2D eigenvalue weighted by molar-refractivity contribution is -0.384. The number of carbonyl (C=O) groups excluding carboxylic acids is 1. The van der Waals surface area contributed by atoms with Crippen LogP contribution in [-0.4, -0.2) is 39.1 Å². The molecule has 4 aromatic carbocycles. The SMILES string of the molecule is COc1cc(/C=N\NC(=O)CN(c2cccc([N+](=O)[O-])c2)S(=O)(=O)c2ccccc2)cc(Br)c1OCc1ccc(Cl)c(Cl)c1. The summed E-state index contributed by atoms with van der Waals surface area (Å²) < 4.78 is 39.6. The van der Waals surface area contributed by atoms with Crippen LogP contribution in [0.1, 0.15) is 11.1 Å². The van der Waals surface area contributed by atoms with Crippen molar-refractivity contribution >= 4 is 72.7 Å². The van der Waals surface area contributed by atoms with E-state index in [1.54, 1.807) is 36.4 Å². The topological polar surface area (TPSA) is 140 Å². The van der Waals surface area contributed by atoms with Gasteiger partial charge in [-0.15, -0.1) is 0 Å². The number of nitro benzene ring substituents is 1. The van der Waals surface area contributed by atoms with Gasteiger partial charge in [0.25, 0.3) is 21.6 Å². The molecule has 0 aliphatic carbocycles. The average molecular weight is 722 g/mol. The quantitative estimate of drug-likeness (QED) is 0.0988. The molecule has 44 heavy (non-hydrogen) atoms. The van der Waals surface area contributed by atoms with Gasteiger partial charge in [-0.2, -0.15) is 5.10 Å².